The van der Waals surface area contributed by atoms with Crippen molar-refractivity contribution in [2.24, 2.45) is 0 Å². The number of amides is 1. The number of methoxy groups -OCH3 is 1. The van der Waals surface area contributed by atoms with Crippen LogP contribution in [0.1, 0.15) is 21.5 Å². The predicted molar refractivity (Wildman–Crippen MR) is 113 cm³/mol. The van der Waals surface area contributed by atoms with E-state index in [9.17, 15) is 17.6 Å². The molecule has 156 valence electrons. The van der Waals surface area contributed by atoms with E-state index in [4.69, 9.17) is 4.74 Å². The number of rotatable bonds is 7. The fraction of sp³-hybridized carbons (Fsp3) is 0.136. The molecule has 3 aromatic carbocycles. The van der Waals surface area contributed by atoms with Crippen molar-refractivity contribution in [1.82, 2.24) is 4.72 Å². The lowest BCUT2D eigenvalue weighted by molar-refractivity contribution is 0.102. The van der Waals surface area contributed by atoms with Gasteiger partial charge < -0.3 is 10.1 Å². The largest absolute Gasteiger partial charge is 0.495 e. The standard InChI is InChI=1S/C22H21FN2O4S/c1-15-8-10-18(23)13-19(15)25-22(26)17-9-11-20(29-2)21(12-17)30(27,28)24-14-16-6-4-3-5-7-16/h3-13,24H,14H2,1-2H3,(H,25,26). The Bertz CT molecular complexity index is 1170. The Morgan fingerprint density at radius 1 is 1.03 bits per heavy atom. The van der Waals surface area contributed by atoms with E-state index in [1.807, 2.05) is 18.2 Å². The summed E-state index contributed by atoms with van der Waals surface area (Å²) in [5, 5.41) is 2.61. The average Bonchev–Trinajstić information content (AvgIpc) is 2.75. The third-order valence-corrected chi connectivity index (χ3v) is 5.89. The number of carbonyl (C=O) groups is 1. The minimum Gasteiger partial charge on any atom is -0.495 e. The molecular formula is C22H21FN2O4S. The van der Waals surface area contributed by atoms with E-state index in [2.05, 4.69) is 10.0 Å². The van der Waals surface area contributed by atoms with Crippen LogP contribution in [0.3, 0.4) is 0 Å². The van der Waals surface area contributed by atoms with E-state index in [0.717, 1.165) is 5.56 Å². The first-order chi connectivity index (χ1) is 14.3. The Balaban J connectivity index is 1.87. The number of halogens is 1. The summed E-state index contributed by atoms with van der Waals surface area (Å²) < 4.78 is 46.9. The first-order valence-electron chi connectivity index (χ1n) is 9.09. The van der Waals surface area contributed by atoms with E-state index in [1.165, 1.54) is 37.4 Å². The predicted octanol–water partition coefficient (Wildman–Crippen LogP) is 3.87. The number of sulfonamides is 1. The quantitative estimate of drug-likeness (QED) is 0.598. The van der Waals surface area contributed by atoms with Crippen LogP contribution in [0.25, 0.3) is 0 Å². The molecule has 0 atom stereocenters. The van der Waals surface area contributed by atoms with Crippen LogP contribution in [0.4, 0.5) is 10.1 Å². The molecule has 30 heavy (non-hydrogen) atoms. The number of carbonyl (C=O) groups excluding carboxylic acids is 1. The van der Waals surface area contributed by atoms with E-state index < -0.39 is 21.7 Å². The Hall–Kier alpha value is -3.23. The van der Waals surface area contributed by atoms with Crippen molar-refractivity contribution in [2.75, 3.05) is 12.4 Å². The molecule has 8 heteroatoms. The highest BCUT2D eigenvalue weighted by Gasteiger charge is 2.22. The molecule has 0 fully saturated rings. The van der Waals surface area contributed by atoms with Crippen LogP contribution in [0, 0.1) is 12.7 Å². The molecule has 1 amide bonds. The van der Waals surface area contributed by atoms with E-state index in [1.54, 1.807) is 25.1 Å². The smallest absolute Gasteiger partial charge is 0.255 e. The molecule has 0 saturated carbocycles. The van der Waals surface area contributed by atoms with Crippen molar-refractivity contribution in [3.63, 3.8) is 0 Å². The highest BCUT2D eigenvalue weighted by molar-refractivity contribution is 7.89. The molecular weight excluding hydrogens is 407 g/mol. The second-order valence-corrected chi connectivity index (χ2v) is 8.32. The van der Waals surface area contributed by atoms with Gasteiger partial charge >= 0.3 is 0 Å². The van der Waals surface area contributed by atoms with Gasteiger partial charge in [0.1, 0.15) is 16.5 Å². The molecule has 2 N–H and O–H groups in total. The van der Waals surface area contributed by atoms with Crippen LogP contribution in [-0.2, 0) is 16.6 Å². The third kappa shape index (κ3) is 5.03. The number of hydrogen-bond donors (Lipinski definition) is 2. The van der Waals surface area contributed by atoms with Gasteiger partial charge in [-0.2, -0.15) is 0 Å². The van der Waals surface area contributed by atoms with Crippen molar-refractivity contribution < 1.29 is 22.3 Å². The Morgan fingerprint density at radius 2 is 1.77 bits per heavy atom. The molecule has 3 aromatic rings. The molecule has 0 radical (unpaired) electrons. The van der Waals surface area contributed by atoms with Gasteiger partial charge in [0.25, 0.3) is 5.91 Å². The molecule has 0 aromatic heterocycles. The average molecular weight is 428 g/mol. The summed E-state index contributed by atoms with van der Waals surface area (Å²) in [6.45, 7) is 1.82. The third-order valence-electron chi connectivity index (χ3n) is 4.47. The Kier molecular flexibility index (Phi) is 6.49. The lowest BCUT2D eigenvalue weighted by Gasteiger charge is -2.13. The maximum Gasteiger partial charge on any atom is 0.255 e. The minimum absolute atomic E-state index is 0.0885. The van der Waals surface area contributed by atoms with Crippen LogP contribution < -0.4 is 14.8 Å². The summed E-state index contributed by atoms with van der Waals surface area (Å²) in [6, 6.07) is 17.2. The summed E-state index contributed by atoms with van der Waals surface area (Å²) in [6.07, 6.45) is 0. The van der Waals surface area contributed by atoms with Crippen LogP contribution in [0.5, 0.6) is 5.75 Å². The van der Waals surface area contributed by atoms with Crippen LogP contribution in [0.2, 0.25) is 0 Å². The van der Waals surface area contributed by atoms with Gasteiger partial charge in [0.2, 0.25) is 10.0 Å². The van der Waals surface area contributed by atoms with Gasteiger partial charge in [0, 0.05) is 17.8 Å². The van der Waals surface area contributed by atoms with Crippen LogP contribution in [0.15, 0.2) is 71.6 Å². The first-order valence-corrected chi connectivity index (χ1v) is 10.6. The fourth-order valence-electron chi connectivity index (χ4n) is 2.80. The number of aryl methyl sites for hydroxylation is 1. The fourth-order valence-corrected chi connectivity index (χ4v) is 4.01. The van der Waals surface area contributed by atoms with Crippen molar-refractivity contribution in [1.29, 1.82) is 0 Å². The summed E-state index contributed by atoms with van der Waals surface area (Å²) in [7, 11) is -2.61. The van der Waals surface area contributed by atoms with Crippen LogP contribution in [-0.4, -0.2) is 21.4 Å². The van der Waals surface area contributed by atoms with Gasteiger partial charge in [-0.1, -0.05) is 36.4 Å². The SMILES string of the molecule is COc1ccc(C(=O)Nc2cc(F)ccc2C)cc1S(=O)(=O)NCc1ccccc1. The molecule has 0 heterocycles. The second kappa shape index (κ2) is 9.06. The first kappa shape index (κ1) is 21.5. The summed E-state index contributed by atoms with van der Waals surface area (Å²) >= 11 is 0. The number of hydrogen-bond acceptors (Lipinski definition) is 4. The minimum atomic E-state index is -3.96. The van der Waals surface area contributed by atoms with Crippen molar-refractivity contribution in [3.05, 3.63) is 89.2 Å². The zero-order chi connectivity index (χ0) is 21.7. The van der Waals surface area contributed by atoms with Crippen LogP contribution >= 0.6 is 0 Å². The zero-order valence-corrected chi connectivity index (χ0v) is 17.3. The molecule has 6 nitrogen and oxygen atoms in total. The van der Waals surface area contributed by atoms with Crippen molar-refractivity contribution in [3.8, 4) is 5.75 Å². The number of nitrogens with one attached hydrogen (secondary N) is 2. The maximum absolute atomic E-state index is 13.5. The molecule has 0 aliphatic carbocycles. The molecule has 3 rings (SSSR count). The zero-order valence-electron chi connectivity index (χ0n) is 16.5. The molecule has 0 saturated heterocycles. The normalized spacial score (nSPS) is 11.2. The molecule has 0 spiro atoms. The highest BCUT2D eigenvalue weighted by atomic mass is 32.2. The highest BCUT2D eigenvalue weighted by Crippen LogP contribution is 2.26. The van der Waals surface area contributed by atoms with E-state index >= 15 is 0 Å². The number of benzene rings is 3. The monoisotopic (exact) mass is 428 g/mol. The molecule has 0 aliphatic rings. The lowest BCUT2D eigenvalue weighted by atomic mass is 10.1. The Morgan fingerprint density at radius 3 is 2.47 bits per heavy atom. The van der Waals surface area contributed by atoms with Gasteiger partial charge in [-0.25, -0.2) is 17.5 Å². The maximum atomic E-state index is 13.5. The molecule has 0 aliphatic heterocycles. The Labute approximate surface area is 174 Å². The molecule has 0 unspecified atom stereocenters. The summed E-state index contributed by atoms with van der Waals surface area (Å²) in [5.74, 6) is -0.945. The van der Waals surface area contributed by atoms with Gasteiger partial charge in [0.05, 0.1) is 7.11 Å². The summed E-state index contributed by atoms with van der Waals surface area (Å²) in [4.78, 5) is 12.5. The number of ether oxygens (including phenoxy) is 1. The molecule has 0 bridgehead atoms. The van der Waals surface area contributed by atoms with Gasteiger partial charge in [0.15, 0.2) is 0 Å². The van der Waals surface area contributed by atoms with E-state index in [0.29, 0.717) is 11.3 Å². The van der Waals surface area contributed by atoms with Gasteiger partial charge in [-0.3, -0.25) is 4.79 Å². The second-order valence-electron chi connectivity index (χ2n) is 6.59. The topological polar surface area (TPSA) is 84.5 Å². The van der Waals surface area contributed by atoms with Gasteiger partial charge in [-0.15, -0.1) is 0 Å². The van der Waals surface area contributed by atoms with Crippen molar-refractivity contribution >= 4 is 21.6 Å². The van der Waals surface area contributed by atoms with Gasteiger partial charge in [-0.05, 0) is 48.4 Å². The summed E-state index contributed by atoms with van der Waals surface area (Å²) in [5.41, 5.74) is 1.87. The van der Waals surface area contributed by atoms with Crippen molar-refractivity contribution in [2.45, 2.75) is 18.4 Å². The lowest BCUT2D eigenvalue weighted by Crippen LogP contribution is -2.24. The number of anilines is 1. The van der Waals surface area contributed by atoms with E-state index in [-0.39, 0.29) is 22.8 Å².